The third kappa shape index (κ3) is 4.21. The molecule has 0 radical (unpaired) electrons. The molecule has 0 saturated carbocycles. The standard InChI is InChI=1S/C15H20BrNO3/c16-12-4-3-6-14(10-12)20-9-7-15(19)17-8-2-1-5-13(17)11-18/h3-4,6,10,13,18H,1-2,5,7-9,11H2. The van der Waals surface area contributed by atoms with E-state index in [1.165, 1.54) is 0 Å². The van der Waals surface area contributed by atoms with Crippen molar-refractivity contribution in [1.29, 1.82) is 0 Å². The van der Waals surface area contributed by atoms with Crippen molar-refractivity contribution in [3.8, 4) is 5.75 Å². The number of piperidine rings is 1. The van der Waals surface area contributed by atoms with Crippen molar-refractivity contribution in [2.24, 2.45) is 0 Å². The molecule has 1 saturated heterocycles. The summed E-state index contributed by atoms with van der Waals surface area (Å²) in [6.07, 6.45) is 3.36. The van der Waals surface area contributed by atoms with Gasteiger partial charge in [0.2, 0.25) is 5.91 Å². The van der Waals surface area contributed by atoms with Gasteiger partial charge in [-0.3, -0.25) is 4.79 Å². The molecule has 0 bridgehead atoms. The maximum Gasteiger partial charge on any atom is 0.226 e. The van der Waals surface area contributed by atoms with Gasteiger partial charge in [-0.25, -0.2) is 0 Å². The van der Waals surface area contributed by atoms with Gasteiger partial charge in [-0.2, -0.15) is 0 Å². The number of carbonyl (C=O) groups excluding carboxylic acids is 1. The molecule has 5 heteroatoms. The molecule has 20 heavy (non-hydrogen) atoms. The first-order valence-electron chi connectivity index (χ1n) is 6.99. The summed E-state index contributed by atoms with van der Waals surface area (Å²) in [4.78, 5) is 13.9. The molecule has 1 N–H and O–H groups in total. The lowest BCUT2D eigenvalue weighted by Gasteiger charge is -2.34. The van der Waals surface area contributed by atoms with Crippen LogP contribution in [0.4, 0.5) is 0 Å². The third-order valence-electron chi connectivity index (χ3n) is 3.54. The Kier molecular flexibility index (Phi) is 5.86. The summed E-state index contributed by atoms with van der Waals surface area (Å²) in [5.41, 5.74) is 0. The molecule has 0 aliphatic carbocycles. The second kappa shape index (κ2) is 7.64. The van der Waals surface area contributed by atoms with Crippen molar-refractivity contribution in [3.63, 3.8) is 0 Å². The number of carbonyl (C=O) groups is 1. The lowest BCUT2D eigenvalue weighted by Crippen LogP contribution is -2.46. The number of aliphatic hydroxyl groups is 1. The summed E-state index contributed by atoms with van der Waals surface area (Å²) < 4.78 is 6.53. The number of rotatable bonds is 5. The fourth-order valence-corrected chi connectivity index (χ4v) is 2.85. The Labute approximate surface area is 127 Å². The molecular formula is C15H20BrNO3. The fraction of sp³-hybridized carbons (Fsp3) is 0.533. The molecule has 1 amide bonds. The zero-order valence-electron chi connectivity index (χ0n) is 11.4. The summed E-state index contributed by atoms with van der Waals surface area (Å²) in [6.45, 7) is 1.17. The first-order chi connectivity index (χ1) is 9.70. The van der Waals surface area contributed by atoms with Crippen LogP contribution in [-0.4, -0.2) is 41.7 Å². The molecule has 1 aliphatic heterocycles. The van der Waals surface area contributed by atoms with Crippen molar-refractivity contribution in [1.82, 2.24) is 4.90 Å². The van der Waals surface area contributed by atoms with Gasteiger partial charge in [0, 0.05) is 11.0 Å². The Bertz CT molecular complexity index is 452. The number of halogens is 1. The predicted octanol–water partition coefficient (Wildman–Crippen LogP) is 2.59. The fourth-order valence-electron chi connectivity index (χ4n) is 2.48. The second-order valence-corrected chi connectivity index (χ2v) is 5.89. The minimum Gasteiger partial charge on any atom is -0.493 e. The maximum absolute atomic E-state index is 12.2. The number of likely N-dealkylation sites (tertiary alicyclic amines) is 1. The molecule has 0 aromatic heterocycles. The Morgan fingerprint density at radius 1 is 1.45 bits per heavy atom. The molecule has 1 unspecified atom stereocenters. The first-order valence-corrected chi connectivity index (χ1v) is 7.78. The van der Waals surface area contributed by atoms with Crippen LogP contribution in [0.1, 0.15) is 25.7 Å². The van der Waals surface area contributed by atoms with Crippen LogP contribution in [0.15, 0.2) is 28.7 Å². The second-order valence-electron chi connectivity index (χ2n) is 4.98. The summed E-state index contributed by atoms with van der Waals surface area (Å²) in [6, 6.07) is 7.56. The van der Waals surface area contributed by atoms with E-state index in [4.69, 9.17) is 4.74 Å². The van der Waals surface area contributed by atoms with Gasteiger partial charge in [0.1, 0.15) is 5.75 Å². The van der Waals surface area contributed by atoms with E-state index in [9.17, 15) is 9.90 Å². The average Bonchev–Trinajstić information content (AvgIpc) is 2.47. The molecule has 4 nitrogen and oxygen atoms in total. The zero-order valence-corrected chi connectivity index (χ0v) is 13.0. The van der Waals surface area contributed by atoms with Gasteiger partial charge < -0.3 is 14.7 Å². The number of aliphatic hydroxyl groups excluding tert-OH is 1. The Morgan fingerprint density at radius 2 is 2.30 bits per heavy atom. The Morgan fingerprint density at radius 3 is 3.05 bits per heavy atom. The van der Waals surface area contributed by atoms with E-state index in [-0.39, 0.29) is 18.6 Å². The predicted molar refractivity (Wildman–Crippen MR) is 80.7 cm³/mol. The van der Waals surface area contributed by atoms with Crippen LogP contribution in [0.2, 0.25) is 0 Å². The number of ether oxygens (including phenoxy) is 1. The van der Waals surface area contributed by atoms with Crippen LogP contribution in [-0.2, 0) is 4.79 Å². The van der Waals surface area contributed by atoms with Crippen molar-refractivity contribution in [2.45, 2.75) is 31.7 Å². The zero-order chi connectivity index (χ0) is 14.4. The summed E-state index contributed by atoms with van der Waals surface area (Å²) >= 11 is 3.38. The molecule has 1 heterocycles. The van der Waals surface area contributed by atoms with Gasteiger partial charge in [-0.15, -0.1) is 0 Å². The van der Waals surface area contributed by atoms with E-state index in [0.29, 0.717) is 13.0 Å². The summed E-state index contributed by atoms with van der Waals surface area (Å²) in [5.74, 6) is 0.822. The minimum atomic E-state index is -0.0119. The first kappa shape index (κ1) is 15.3. The third-order valence-corrected chi connectivity index (χ3v) is 4.03. The van der Waals surface area contributed by atoms with Crippen molar-refractivity contribution >= 4 is 21.8 Å². The molecule has 1 aromatic carbocycles. The largest absolute Gasteiger partial charge is 0.493 e. The molecule has 1 aromatic rings. The Hall–Kier alpha value is -1.07. The van der Waals surface area contributed by atoms with Gasteiger partial charge in [-0.05, 0) is 37.5 Å². The van der Waals surface area contributed by atoms with Crippen LogP contribution in [0.3, 0.4) is 0 Å². The van der Waals surface area contributed by atoms with Crippen LogP contribution < -0.4 is 4.74 Å². The topological polar surface area (TPSA) is 49.8 Å². The van der Waals surface area contributed by atoms with Gasteiger partial charge in [0.05, 0.1) is 25.7 Å². The molecule has 2 rings (SSSR count). The van der Waals surface area contributed by atoms with E-state index in [1.54, 1.807) is 4.90 Å². The molecule has 1 fully saturated rings. The van der Waals surface area contributed by atoms with Crippen molar-refractivity contribution < 1.29 is 14.6 Å². The highest BCUT2D eigenvalue weighted by Crippen LogP contribution is 2.19. The van der Waals surface area contributed by atoms with Crippen LogP contribution in [0, 0.1) is 0 Å². The number of hydrogen-bond acceptors (Lipinski definition) is 3. The quantitative estimate of drug-likeness (QED) is 0.895. The number of hydrogen-bond donors (Lipinski definition) is 1. The minimum absolute atomic E-state index is 0.0119. The highest BCUT2D eigenvalue weighted by Gasteiger charge is 2.25. The van der Waals surface area contributed by atoms with Crippen molar-refractivity contribution in [2.75, 3.05) is 19.8 Å². The van der Waals surface area contributed by atoms with Gasteiger partial charge in [-0.1, -0.05) is 22.0 Å². The SMILES string of the molecule is O=C(CCOc1cccc(Br)c1)N1CCCCC1CO. The van der Waals surface area contributed by atoms with Crippen LogP contribution >= 0.6 is 15.9 Å². The van der Waals surface area contributed by atoms with Gasteiger partial charge in [0.15, 0.2) is 0 Å². The molecule has 1 atom stereocenters. The van der Waals surface area contributed by atoms with E-state index >= 15 is 0 Å². The van der Waals surface area contributed by atoms with Crippen LogP contribution in [0.5, 0.6) is 5.75 Å². The monoisotopic (exact) mass is 341 g/mol. The highest BCUT2D eigenvalue weighted by atomic mass is 79.9. The van der Waals surface area contributed by atoms with E-state index in [2.05, 4.69) is 15.9 Å². The number of nitrogens with zero attached hydrogens (tertiary/aromatic N) is 1. The summed E-state index contributed by atoms with van der Waals surface area (Å²) in [5, 5.41) is 9.31. The normalized spacial score (nSPS) is 18.9. The maximum atomic E-state index is 12.2. The molecular weight excluding hydrogens is 322 g/mol. The van der Waals surface area contributed by atoms with Gasteiger partial charge >= 0.3 is 0 Å². The molecule has 1 aliphatic rings. The van der Waals surface area contributed by atoms with Crippen molar-refractivity contribution in [3.05, 3.63) is 28.7 Å². The lowest BCUT2D eigenvalue weighted by molar-refractivity contribution is -0.136. The smallest absolute Gasteiger partial charge is 0.226 e. The van der Waals surface area contributed by atoms with E-state index < -0.39 is 0 Å². The average molecular weight is 342 g/mol. The molecule has 0 spiro atoms. The Balaban J connectivity index is 1.79. The molecule has 110 valence electrons. The number of amides is 1. The van der Waals surface area contributed by atoms with E-state index in [0.717, 1.165) is 36.0 Å². The highest BCUT2D eigenvalue weighted by molar-refractivity contribution is 9.10. The lowest BCUT2D eigenvalue weighted by atomic mass is 10.0. The number of benzene rings is 1. The van der Waals surface area contributed by atoms with Gasteiger partial charge in [0.25, 0.3) is 0 Å². The summed E-state index contributed by atoms with van der Waals surface area (Å²) in [7, 11) is 0. The van der Waals surface area contributed by atoms with Crippen LogP contribution in [0.25, 0.3) is 0 Å². The van der Waals surface area contributed by atoms with E-state index in [1.807, 2.05) is 24.3 Å².